The summed E-state index contributed by atoms with van der Waals surface area (Å²) >= 11 is 0. The Morgan fingerprint density at radius 2 is 2.17 bits per heavy atom. The molecule has 5 heteroatoms. The summed E-state index contributed by atoms with van der Waals surface area (Å²) in [5, 5.41) is 19.0. The van der Waals surface area contributed by atoms with Gasteiger partial charge < -0.3 is 15.1 Å². The number of carbonyl (C=O) groups excluding carboxylic acids is 1. The largest absolute Gasteiger partial charge is 0.478 e. The molecule has 5 nitrogen and oxygen atoms in total. The molecule has 1 aliphatic heterocycles. The molecule has 0 saturated carbocycles. The number of hydrogen-bond acceptors (Lipinski definition) is 3. The van der Waals surface area contributed by atoms with Crippen LogP contribution in [0, 0.1) is 5.92 Å². The Bertz CT molecular complexity index is 509. The van der Waals surface area contributed by atoms with Crippen LogP contribution in [0.2, 0.25) is 0 Å². The van der Waals surface area contributed by atoms with E-state index in [1.54, 1.807) is 26.0 Å². The van der Waals surface area contributed by atoms with Gasteiger partial charge in [-0.1, -0.05) is 13.0 Å². The summed E-state index contributed by atoms with van der Waals surface area (Å²) in [5.41, 5.74) is -0.458. The Morgan fingerprint density at radius 1 is 1.50 bits per heavy atom. The van der Waals surface area contributed by atoms with Crippen LogP contribution in [0.25, 0.3) is 0 Å². The number of hydrogen-bond donors (Lipinski definition) is 2. The minimum absolute atomic E-state index is 0.125. The number of amides is 1. The third-order valence-electron chi connectivity index (χ3n) is 3.45. The molecule has 0 radical (unpaired) electrons. The highest BCUT2D eigenvalue weighted by Crippen LogP contribution is 2.32. The molecule has 96 valence electrons. The average molecular weight is 249 g/mol. The summed E-state index contributed by atoms with van der Waals surface area (Å²) in [6.07, 6.45) is 0. The van der Waals surface area contributed by atoms with Gasteiger partial charge in [0.15, 0.2) is 0 Å². The normalized spacial score (nSPS) is 27.6. The van der Waals surface area contributed by atoms with Gasteiger partial charge in [0.05, 0.1) is 23.6 Å². The van der Waals surface area contributed by atoms with Crippen molar-refractivity contribution in [3.05, 3.63) is 29.8 Å². The first kappa shape index (κ1) is 12.6. The zero-order chi connectivity index (χ0) is 13.5. The SMILES string of the molecule is C[C@@H]1C(=O)N(c2cccc(C(=O)O)c2)C[C@]1(C)O. The van der Waals surface area contributed by atoms with Crippen LogP contribution in [0.4, 0.5) is 5.69 Å². The van der Waals surface area contributed by atoms with Crippen molar-refractivity contribution in [2.45, 2.75) is 19.4 Å². The maximum atomic E-state index is 12.0. The van der Waals surface area contributed by atoms with Gasteiger partial charge in [0, 0.05) is 5.69 Å². The zero-order valence-corrected chi connectivity index (χ0v) is 10.3. The highest BCUT2D eigenvalue weighted by molar-refractivity contribution is 5.99. The first-order chi connectivity index (χ1) is 8.33. The van der Waals surface area contributed by atoms with Crippen LogP contribution < -0.4 is 4.90 Å². The van der Waals surface area contributed by atoms with Crippen molar-refractivity contribution in [1.82, 2.24) is 0 Å². The first-order valence-corrected chi connectivity index (χ1v) is 5.70. The van der Waals surface area contributed by atoms with Crippen molar-refractivity contribution in [2.75, 3.05) is 11.4 Å². The van der Waals surface area contributed by atoms with Gasteiger partial charge in [-0.3, -0.25) is 4.79 Å². The number of rotatable bonds is 2. The topological polar surface area (TPSA) is 77.8 Å². The number of aromatic carboxylic acids is 1. The van der Waals surface area contributed by atoms with E-state index in [9.17, 15) is 14.7 Å². The lowest BCUT2D eigenvalue weighted by Gasteiger charge is -2.20. The fourth-order valence-corrected chi connectivity index (χ4v) is 2.06. The van der Waals surface area contributed by atoms with E-state index in [-0.39, 0.29) is 18.0 Å². The van der Waals surface area contributed by atoms with Crippen molar-refractivity contribution in [3.63, 3.8) is 0 Å². The molecule has 0 spiro atoms. The van der Waals surface area contributed by atoms with E-state index in [0.29, 0.717) is 5.69 Å². The van der Waals surface area contributed by atoms with Crippen LogP contribution in [-0.2, 0) is 4.79 Å². The Hall–Kier alpha value is -1.88. The van der Waals surface area contributed by atoms with Crippen LogP contribution in [0.5, 0.6) is 0 Å². The molecular weight excluding hydrogens is 234 g/mol. The molecule has 1 heterocycles. The fourth-order valence-electron chi connectivity index (χ4n) is 2.06. The second-order valence-electron chi connectivity index (χ2n) is 4.86. The Labute approximate surface area is 105 Å². The summed E-state index contributed by atoms with van der Waals surface area (Å²) in [7, 11) is 0. The summed E-state index contributed by atoms with van der Waals surface area (Å²) in [6.45, 7) is 3.45. The molecule has 1 amide bonds. The van der Waals surface area contributed by atoms with Crippen molar-refractivity contribution in [1.29, 1.82) is 0 Å². The molecular formula is C13H15NO4. The smallest absolute Gasteiger partial charge is 0.335 e. The summed E-state index contributed by atoms with van der Waals surface area (Å²) < 4.78 is 0. The van der Waals surface area contributed by atoms with Crippen LogP contribution >= 0.6 is 0 Å². The van der Waals surface area contributed by atoms with Crippen molar-refractivity contribution in [2.24, 2.45) is 5.92 Å². The van der Waals surface area contributed by atoms with E-state index in [0.717, 1.165) is 0 Å². The second kappa shape index (κ2) is 4.10. The van der Waals surface area contributed by atoms with Crippen molar-refractivity contribution >= 4 is 17.6 Å². The molecule has 1 fully saturated rings. The Kier molecular flexibility index (Phi) is 2.86. The second-order valence-corrected chi connectivity index (χ2v) is 4.86. The third-order valence-corrected chi connectivity index (χ3v) is 3.45. The summed E-state index contributed by atoms with van der Waals surface area (Å²) in [5.74, 6) is -1.73. The van der Waals surface area contributed by atoms with E-state index in [4.69, 9.17) is 5.11 Å². The van der Waals surface area contributed by atoms with Gasteiger partial charge in [-0.05, 0) is 25.1 Å². The van der Waals surface area contributed by atoms with Crippen molar-refractivity contribution < 1.29 is 19.8 Å². The monoisotopic (exact) mass is 249 g/mol. The minimum Gasteiger partial charge on any atom is -0.478 e. The lowest BCUT2D eigenvalue weighted by atomic mass is 9.95. The average Bonchev–Trinajstić information content (AvgIpc) is 2.53. The van der Waals surface area contributed by atoms with Crippen LogP contribution in [0.15, 0.2) is 24.3 Å². The molecule has 1 aromatic rings. The standard InChI is InChI=1S/C13H15NO4/c1-8-11(15)14(7-13(8,2)18)10-5-3-4-9(6-10)12(16)17/h3-6,8,18H,7H2,1-2H3,(H,16,17)/t8-,13+/m1/s1. The molecule has 0 bridgehead atoms. The van der Waals surface area contributed by atoms with Gasteiger partial charge in [0.1, 0.15) is 0 Å². The lowest BCUT2D eigenvalue weighted by molar-refractivity contribution is -0.123. The number of anilines is 1. The molecule has 1 aliphatic rings. The first-order valence-electron chi connectivity index (χ1n) is 5.70. The number of carboxylic acid groups (broad SMARTS) is 1. The van der Waals surface area contributed by atoms with E-state index in [1.165, 1.54) is 17.0 Å². The molecule has 1 aromatic carbocycles. The molecule has 2 N–H and O–H groups in total. The van der Waals surface area contributed by atoms with Gasteiger partial charge in [-0.25, -0.2) is 4.79 Å². The third kappa shape index (κ3) is 1.97. The van der Waals surface area contributed by atoms with Gasteiger partial charge in [-0.15, -0.1) is 0 Å². The Balaban J connectivity index is 2.36. The van der Waals surface area contributed by atoms with Crippen LogP contribution in [0.3, 0.4) is 0 Å². The van der Waals surface area contributed by atoms with E-state index >= 15 is 0 Å². The predicted octanol–water partition coefficient (Wildman–Crippen LogP) is 1.12. The number of β-amino-alcohol motifs (C(OH)–C–C–N with tert-alkyl or cyclic N) is 1. The van der Waals surface area contributed by atoms with Gasteiger partial charge in [0.2, 0.25) is 5.91 Å². The van der Waals surface area contributed by atoms with Crippen molar-refractivity contribution in [3.8, 4) is 0 Å². The minimum atomic E-state index is -1.09. The number of carbonyl (C=O) groups is 2. The number of benzene rings is 1. The van der Waals surface area contributed by atoms with Gasteiger partial charge in [0.25, 0.3) is 0 Å². The molecule has 18 heavy (non-hydrogen) atoms. The molecule has 2 rings (SSSR count). The van der Waals surface area contributed by atoms with Gasteiger partial charge >= 0.3 is 5.97 Å². The molecule has 1 saturated heterocycles. The van der Waals surface area contributed by atoms with E-state index in [2.05, 4.69) is 0 Å². The van der Waals surface area contributed by atoms with Gasteiger partial charge in [-0.2, -0.15) is 0 Å². The molecule has 0 aromatic heterocycles. The zero-order valence-electron chi connectivity index (χ0n) is 10.3. The number of aliphatic hydroxyl groups is 1. The van der Waals surface area contributed by atoms with E-state index in [1.807, 2.05) is 0 Å². The van der Waals surface area contributed by atoms with Crippen LogP contribution in [0.1, 0.15) is 24.2 Å². The summed E-state index contributed by atoms with van der Waals surface area (Å²) in [4.78, 5) is 24.3. The Morgan fingerprint density at radius 3 is 2.67 bits per heavy atom. The predicted molar refractivity (Wildman–Crippen MR) is 65.5 cm³/mol. The molecule has 0 unspecified atom stereocenters. The maximum absolute atomic E-state index is 12.0. The highest BCUT2D eigenvalue weighted by Gasteiger charge is 2.45. The summed E-state index contributed by atoms with van der Waals surface area (Å²) in [6, 6.07) is 6.16. The number of nitrogens with zero attached hydrogens (tertiary/aromatic N) is 1. The van der Waals surface area contributed by atoms with E-state index < -0.39 is 17.5 Å². The molecule has 0 aliphatic carbocycles. The highest BCUT2D eigenvalue weighted by atomic mass is 16.4. The number of carboxylic acids is 1. The maximum Gasteiger partial charge on any atom is 0.335 e. The lowest BCUT2D eigenvalue weighted by Crippen LogP contribution is -2.33. The molecule has 2 atom stereocenters. The van der Waals surface area contributed by atoms with Crippen LogP contribution in [-0.4, -0.2) is 34.2 Å². The fraction of sp³-hybridized carbons (Fsp3) is 0.385. The quantitative estimate of drug-likeness (QED) is 0.823.